The van der Waals surface area contributed by atoms with Crippen molar-refractivity contribution in [3.05, 3.63) is 24.5 Å². The van der Waals surface area contributed by atoms with Crippen LogP contribution in [-0.2, 0) is 4.79 Å². The molecule has 2 fully saturated rings. The molecule has 2 aliphatic rings. The number of anilines is 1. The van der Waals surface area contributed by atoms with E-state index in [1.807, 2.05) is 18.2 Å². The molecular formula is C17H24Cl2N4O. The summed E-state index contributed by atoms with van der Waals surface area (Å²) in [4.78, 5) is 20.0. The fourth-order valence-corrected chi connectivity index (χ4v) is 4.30. The number of aromatic amines is 1. The van der Waals surface area contributed by atoms with Gasteiger partial charge in [-0.05, 0) is 49.7 Å². The molecule has 7 heteroatoms. The van der Waals surface area contributed by atoms with Crippen molar-refractivity contribution in [1.82, 2.24) is 9.97 Å². The van der Waals surface area contributed by atoms with Gasteiger partial charge in [0, 0.05) is 12.0 Å². The number of H-pyrrole nitrogens is 1. The Bertz CT molecular complexity index is 691. The van der Waals surface area contributed by atoms with Crippen molar-refractivity contribution in [2.24, 2.45) is 23.5 Å². The molecule has 5 nitrogen and oxygen atoms in total. The standard InChI is InChI=1S/C17H22N4O.2ClH/c18-15-10-3-1-4-11(15)8-12(7-10)17(22)21-14-6-2-5-13-16(14)20-9-19-13;;/h2,5-6,9-12,15H,1,3-4,7-8,18H2,(H,19,20)(H,21,22);2*1H. The smallest absolute Gasteiger partial charge is 0.227 e. The van der Waals surface area contributed by atoms with E-state index in [1.54, 1.807) is 6.33 Å². The Hall–Kier alpha value is -1.30. The Morgan fingerprint density at radius 1 is 1.21 bits per heavy atom. The number of fused-ring (bicyclic) bond motifs is 3. The number of imidazole rings is 1. The lowest BCUT2D eigenvalue weighted by Crippen LogP contribution is -2.48. The van der Waals surface area contributed by atoms with Crippen LogP contribution in [0.2, 0.25) is 0 Å². The second-order valence-corrected chi connectivity index (χ2v) is 6.79. The summed E-state index contributed by atoms with van der Waals surface area (Å²) >= 11 is 0. The third kappa shape index (κ3) is 3.39. The number of nitrogens with one attached hydrogen (secondary N) is 2. The van der Waals surface area contributed by atoms with Gasteiger partial charge >= 0.3 is 0 Å². The SMILES string of the molecule is Cl.Cl.NC1C2CCCC1CC(C(=O)Nc1cccc3[nH]cnc13)C2. The maximum absolute atomic E-state index is 12.7. The van der Waals surface area contributed by atoms with Crippen LogP contribution < -0.4 is 11.1 Å². The number of nitrogens with zero attached hydrogens (tertiary/aromatic N) is 1. The number of hydrogen-bond donors (Lipinski definition) is 3. The number of nitrogens with two attached hydrogens (primary N) is 1. The Morgan fingerprint density at radius 2 is 1.92 bits per heavy atom. The number of amides is 1. The van der Waals surface area contributed by atoms with Crippen LogP contribution in [0.1, 0.15) is 32.1 Å². The molecule has 1 heterocycles. The zero-order valence-corrected chi connectivity index (χ0v) is 15.0. The minimum Gasteiger partial charge on any atom is -0.345 e. The summed E-state index contributed by atoms with van der Waals surface area (Å²) in [6, 6.07) is 6.10. The van der Waals surface area contributed by atoms with Gasteiger partial charge in [0.05, 0.1) is 17.5 Å². The highest BCUT2D eigenvalue weighted by atomic mass is 35.5. The van der Waals surface area contributed by atoms with Crippen molar-refractivity contribution in [2.75, 3.05) is 5.32 Å². The van der Waals surface area contributed by atoms with Gasteiger partial charge in [0.2, 0.25) is 5.91 Å². The maximum Gasteiger partial charge on any atom is 0.227 e. The van der Waals surface area contributed by atoms with Gasteiger partial charge < -0.3 is 16.0 Å². The molecule has 4 rings (SSSR count). The van der Waals surface area contributed by atoms with Crippen LogP contribution in [0.4, 0.5) is 5.69 Å². The first kappa shape index (κ1) is 19.0. The Balaban J connectivity index is 0.00000104. The maximum atomic E-state index is 12.7. The third-order valence-electron chi connectivity index (χ3n) is 5.49. The molecule has 0 aliphatic heterocycles. The fraction of sp³-hybridized carbons (Fsp3) is 0.529. The summed E-state index contributed by atoms with van der Waals surface area (Å²) in [5, 5.41) is 3.08. The molecule has 1 amide bonds. The molecule has 2 unspecified atom stereocenters. The van der Waals surface area contributed by atoms with E-state index in [0.717, 1.165) is 29.6 Å². The van der Waals surface area contributed by atoms with Crippen LogP contribution in [0.15, 0.2) is 24.5 Å². The van der Waals surface area contributed by atoms with Crippen molar-refractivity contribution in [1.29, 1.82) is 0 Å². The van der Waals surface area contributed by atoms with Crippen molar-refractivity contribution in [2.45, 2.75) is 38.1 Å². The summed E-state index contributed by atoms with van der Waals surface area (Å²) in [5.41, 5.74) is 8.88. The number of rotatable bonds is 2. The first-order valence-corrected chi connectivity index (χ1v) is 8.21. The molecule has 24 heavy (non-hydrogen) atoms. The Kier molecular flexibility index (Phi) is 6.12. The van der Waals surface area contributed by atoms with Crippen LogP contribution in [0, 0.1) is 17.8 Å². The van der Waals surface area contributed by atoms with Gasteiger partial charge in [-0.3, -0.25) is 4.79 Å². The second-order valence-electron chi connectivity index (χ2n) is 6.79. The van der Waals surface area contributed by atoms with Crippen molar-refractivity contribution in [3.8, 4) is 0 Å². The monoisotopic (exact) mass is 370 g/mol. The number of carbonyl (C=O) groups excluding carboxylic acids is 1. The van der Waals surface area contributed by atoms with Gasteiger partial charge in [0.1, 0.15) is 5.52 Å². The average molecular weight is 371 g/mol. The zero-order valence-electron chi connectivity index (χ0n) is 13.4. The molecule has 0 spiro atoms. The largest absolute Gasteiger partial charge is 0.345 e. The topological polar surface area (TPSA) is 83.8 Å². The summed E-state index contributed by atoms with van der Waals surface area (Å²) in [5.74, 6) is 1.25. The van der Waals surface area contributed by atoms with Crippen molar-refractivity contribution >= 4 is 47.4 Å². The van der Waals surface area contributed by atoms with Crippen molar-refractivity contribution in [3.63, 3.8) is 0 Å². The molecule has 2 saturated carbocycles. The Labute approximate surface area is 154 Å². The molecule has 1 aromatic carbocycles. The van der Waals surface area contributed by atoms with Crippen molar-refractivity contribution < 1.29 is 4.79 Å². The van der Waals surface area contributed by atoms with E-state index in [0.29, 0.717) is 17.9 Å². The fourth-order valence-electron chi connectivity index (χ4n) is 4.30. The number of para-hydroxylation sites is 1. The first-order valence-electron chi connectivity index (χ1n) is 8.21. The van der Waals surface area contributed by atoms with Gasteiger partial charge in [-0.25, -0.2) is 4.98 Å². The molecule has 4 N–H and O–H groups in total. The van der Waals surface area contributed by atoms with Gasteiger partial charge in [-0.15, -0.1) is 24.8 Å². The predicted octanol–water partition coefficient (Wildman–Crippen LogP) is 3.50. The number of benzene rings is 1. The minimum atomic E-state index is 0. The number of halogens is 2. The van der Waals surface area contributed by atoms with E-state index in [1.165, 1.54) is 19.3 Å². The molecule has 0 radical (unpaired) electrons. The number of aromatic nitrogens is 2. The van der Waals surface area contributed by atoms with Gasteiger partial charge in [0.25, 0.3) is 0 Å². The highest BCUT2D eigenvalue weighted by molar-refractivity contribution is 6.00. The minimum absolute atomic E-state index is 0. The zero-order chi connectivity index (χ0) is 15.1. The van der Waals surface area contributed by atoms with E-state index in [-0.39, 0.29) is 36.6 Å². The lowest BCUT2D eigenvalue weighted by Gasteiger charge is -2.43. The number of hydrogen-bond acceptors (Lipinski definition) is 3. The molecule has 1 aromatic heterocycles. The van der Waals surface area contributed by atoms with E-state index in [2.05, 4.69) is 15.3 Å². The van der Waals surface area contributed by atoms with E-state index < -0.39 is 0 Å². The summed E-state index contributed by atoms with van der Waals surface area (Å²) in [6.07, 6.45) is 7.14. The lowest BCUT2D eigenvalue weighted by molar-refractivity contribution is -0.122. The summed E-state index contributed by atoms with van der Waals surface area (Å²) in [6.45, 7) is 0. The summed E-state index contributed by atoms with van der Waals surface area (Å²) in [7, 11) is 0. The highest BCUT2D eigenvalue weighted by Crippen LogP contribution is 2.42. The average Bonchev–Trinajstić information content (AvgIpc) is 2.96. The molecule has 0 saturated heterocycles. The van der Waals surface area contributed by atoms with Crippen LogP contribution in [0.5, 0.6) is 0 Å². The Morgan fingerprint density at radius 3 is 2.62 bits per heavy atom. The molecule has 2 aliphatic carbocycles. The van der Waals surface area contributed by atoms with Crippen LogP contribution >= 0.6 is 24.8 Å². The molecule has 2 aromatic rings. The van der Waals surface area contributed by atoms with E-state index in [4.69, 9.17) is 5.73 Å². The number of carbonyl (C=O) groups is 1. The third-order valence-corrected chi connectivity index (χ3v) is 5.49. The quantitative estimate of drug-likeness (QED) is 0.756. The van der Waals surface area contributed by atoms with Crippen LogP contribution in [-0.4, -0.2) is 21.9 Å². The molecule has 132 valence electrons. The molecule has 2 bridgehead atoms. The van der Waals surface area contributed by atoms with Gasteiger partial charge in [-0.1, -0.05) is 12.5 Å². The molecule has 2 atom stereocenters. The van der Waals surface area contributed by atoms with E-state index in [9.17, 15) is 4.79 Å². The molecular weight excluding hydrogens is 347 g/mol. The predicted molar refractivity (Wildman–Crippen MR) is 101 cm³/mol. The van der Waals surface area contributed by atoms with E-state index >= 15 is 0 Å². The lowest BCUT2D eigenvalue weighted by atomic mass is 9.65. The first-order chi connectivity index (χ1) is 10.7. The second kappa shape index (κ2) is 7.72. The van der Waals surface area contributed by atoms with Crippen LogP contribution in [0.25, 0.3) is 11.0 Å². The van der Waals surface area contributed by atoms with Crippen LogP contribution in [0.3, 0.4) is 0 Å². The van der Waals surface area contributed by atoms with Gasteiger partial charge in [0.15, 0.2) is 0 Å². The summed E-state index contributed by atoms with van der Waals surface area (Å²) < 4.78 is 0. The van der Waals surface area contributed by atoms with Gasteiger partial charge in [-0.2, -0.15) is 0 Å². The highest BCUT2D eigenvalue weighted by Gasteiger charge is 2.40. The normalized spacial score (nSPS) is 28.5.